The summed E-state index contributed by atoms with van der Waals surface area (Å²) in [5.74, 6) is -0.526. The van der Waals surface area contributed by atoms with Gasteiger partial charge in [0.15, 0.2) is 0 Å². The number of likely N-dealkylation sites (tertiary alicyclic amines) is 1. The first-order chi connectivity index (χ1) is 12.1. The van der Waals surface area contributed by atoms with Crippen LogP contribution in [0.4, 0.5) is 0 Å². The molecule has 1 unspecified atom stereocenters. The third kappa shape index (κ3) is 5.69. The number of nitroso groups, excluding NO2 is 1. The number of piperidine rings is 1. The lowest BCUT2D eigenvalue weighted by Crippen LogP contribution is -2.58. The summed E-state index contributed by atoms with van der Waals surface area (Å²) in [6.07, 6.45) is 1.59. The van der Waals surface area contributed by atoms with Crippen LogP contribution in [-0.4, -0.2) is 47.8 Å². The maximum atomic E-state index is 12.3. The first-order valence-corrected chi connectivity index (χ1v) is 9.06. The molecule has 2 rings (SSSR count). The molecule has 0 radical (unpaired) electrons. The van der Waals surface area contributed by atoms with Gasteiger partial charge in [-0.2, -0.15) is 0 Å². The van der Waals surface area contributed by atoms with E-state index >= 15 is 0 Å². The minimum absolute atomic E-state index is 0. The van der Waals surface area contributed by atoms with Crippen LogP contribution in [0.2, 0.25) is 0 Å². The quantitative estimate of drug-likeness (QED) is 0.296. The van der Waals surface area contributed by atoms with Crippen molar-refractivity contribution in [1.82, 2.24) is 10.2 Å². The van der Waals surface area contributed by atoms with E-state index in [1.165, 1.54) is 5.56 Å². The summed E-state index contributed by atoms with van der Waals surface area (Å²) in [7, 11) is 0. The summed E-state index contributed by atoms with van der Waals surface area (Å²) in [6.45, 7) is 4.13. The van der Waals surface area contributed by atoms with E-state index in [-0.39, 0.29) is 19.0 Å². The molecule has 0 aromatic heterocycles. The van der Waals surface area contributed by atoms with E-state index in [2.05, 4.69) is 26.9 Å². The maximum absolute atomic E-state index is 12.3. The van der Waals surface area contributed by atoms with Crippen molar-refractivity contribution in [1.29, 1.82) is 0 Å². The second-order valence-corrected chi connectivity index (χ2v) is 7.11. The van der Waals surface area contributed by atoms with Crippen LogP contribution >= 0.6 is 24.4 Å². The number of halogens is 1. The van der Waals surface area contributed by atoms with Gasteiger partial charge in [-0.1, -0.05) is 30.3 Å². The number of hydrogen-bond donors (Lipinski definition) is 1. The van der Waals surface area contributed by atoms with Crippen LogP contribution < -0.4 is 5.32 Å². The molecule has 0 spiro atoms. The zero-order valence-electron chi connectivity index (χ0n) is 14.6. The van der Waals surface area contributed by atoms with E-state index in [1.807, 2.05) is 18.2 Å². The topological polar surface area (TPSA) is 88.1 Å². The van der Waals surface area contributed by atoms with Crippen LogP contribution in [0.15, 0.2) is 34.9 Å². The molecular weight excluding hydrogens is 378 g/mol. The smallest absolute Gasteiger partial charge is 0.330 e. The van der Waals surface area contributed by atoms with Gasteiger partial charge in [0.2, 0.25) is 6.41 Å². The second kappa shape index (κ2) is 11.2. The Morgan fingerprint density at radius 1 is 1.38 bits per heavy atom. The summed E-state index contributed by atoms with van der Waals surface area (Å²) in [5.41, 5.74) is 1.21. The van der Waals surface area contributed by atoms with Crippen LogP contribution in [0, 0.1) is 4.91 Å². The Kier molecular flexibility index (Phi) is 9.61. The third-order valence-corrected chi connectivity index (χ3v) is 5.54. The number of nitrogens with one attached hydrogen (secondary N) is 1. The van der Waals surface area contributed by atoms with Gasteiger partial charge in [0.1, 0.15) is 6.04 Å². The Morgan fingerprint density at radius 2 is 2.04 bits per heavy atom. The van der Waals surface area contributed by atoms with Gasteiger partial charge in [-0.3, -0.25) is 9.69 Å². The molecule has 1 aliphatic rings. The second-order valence-electron chi connectivity index (χ2n) is 5.96. The van der Waals surface area contributed by atoms with Crippen molar-refractivity contribution in [3.8, 4) is 0 Å². The summed E-state index contributed by atoms with van der Waals surface area (Å²) >= 11 is 0.831. The summed E-state index contributed by atoms with van der Waals surface area (Å²) in [4.78, 5) is 36.5. The average molecular weight is 402 g/mol. The summed E-state index contributed by atoms with van der Waals surface area (Å²) in [5, 5.41) is 2.53. The van der Waals surface area contributed by atoms with E-state index in [1.54, 1.807) is 6.92 Å². The SMILES string of the molecule is CCOC(=O)C(NC=O)C1(SN=O)CCN(Cc2ccccc2)CC1.Cl. The highest BCUT2D eigenvalue weighted by atomic mass is 35.5. The largest absolute Gasteiger partial charge is 0.464 e. The first kappa shape index (κ1) is 22.4. The van der Waals surface area contributed by atoms with Crippen LogP contribution in [0.25, 0.3) is 0 Å². The molecule has 1 aromatic rings. The number of esters is 1. The number of amides is 1. The van der Waals surface area contributed by atoms with Crippen molar-refractivity contribution in [3.05, 3.63) is 40.8 Å². The van der Waals surface area contributed by atoms with Gasteiger partial charge < -0.3 is 10.1 Å². The fourth-order valence-corrected chi connectivity index (χ4v) is 3.95. The molecular formula is C17H24ClN3O4S. The molecule has 1 amide bonds. The molecule has 9 heteroatoms. The lowest BCUT2D eigenvalue weighted by atomic mass is 9.87. The molecule has 1 atom stereocenters. The van der Waals surface area contributed by atoms with Crippen molar-refractivity contribution in [2.24, 2.45) is 4.58 Å². The third-order valence-electron chi connectivity index (χ3n) is 4.45. The van der Waals surface area contributed by atoms with Gasteiger partial charge in [0.05, 0.1) is 11.4 Å². The predicted octanol–water partition coefficient (Wildman–Crippen LogP) is 2.54. The van der Waals surface area contributed by atoms with Crippen molar-refractivity contribution >= 4 is 36.7 Å². The van der Waals surface area contributed by atoms with Gasteiger partial charge in [-0.05, 0) is 38.4 Å². The van der Waals surface area contributed by atoms with E-state index in [9.17, 15) is 14.5 Å². The van der Waals surface area contributed by atoms with Crippen LogP contribution in [0.3, 0.4) is 0 Å². The summed E-state index contributed by atoms with van der Waals surface area (Å²) in [6, 6.07) is 9.23. The van der Waals surface area contributed by atoms with Crippen LogP contribution in [0.5, 0.6) is 0 Å². The van der Waals surface area contributed by atoms with Gasteiger partial charge >= 0.3 is 5.97 Å². The first-order valence-electron chi connectivity index (χ1n) is 8.28. The number of rotatable bonds is 9. The van der Waals surface area contributed by atoms with Crippen molar-refractivity contribution < 1.29 is 14.3 Å². The van der Waals surface area contributed by atoms with E-state index in [0.29, 0.717) is 32.3 Å². The highest BCUT2D eigenvalue weighted by molar-refractivity contribution is 7.99. The fraction of sp³-hybridized carbons (Fsp3) is 0.529. The zero-order chi connectivity index (χ0) is 18.1. The Labute approximate surface area is 163 Å². The molecule has 144 valence electrons. The normalized spacial score (nSPS) is 17.4. The molecule has 1 heterocycles. The standard InChI is InChI=1S/C17H23N3O4S.ClH/c1-2-24-16(22)15(18-13-21)17(25-19-23)8-10-20(11-9-17)12-14-6-4-3-5-7-14;/h3-7,13,15H,2,8-12H2,1H3,(H,18,21);1H. The minimum atomic E-state index is -0.883. The Bertz CT molecular complexity index is 583. The molecule has 1 aromatic carbocycles. The highest BCUT2D eigenvalue weighted by Gasteiger charge is 2.47. The van der Waals surface area contributed by atoms with E-state index in [0.717, 1.165) is 18.5 Å². The number of hydrogen-bond acceptors (Lipinski definition) is 7. The van der Waals surface area contributed by atoms with Gasteiger partial charge in [0, 0.05) is 23.1 Å². The maximum Gasteiger partial charge on any atom is 0.330 e. The van der Waals surface area contributed by atoms with Crippen molar-refractivity contribution in [2.75, 3.05) is 19.7 Å². The molecule has 0 saturated carbocycles. The van der Waals surface area contributed by atoms with E-state index < -0.39 is 16.8 Å². The average Bonchev–Trinajstić information content (AvgIpc) is 2.63. The lowest BCUT2D eigenvalue weighted by Gasteiger charge is -2.42. The molecule has 1 fully saturated rings. The molecule has 1 aliphatic heterocycles. The van der Waals surface area contributed by atoms with Gasteiger partial charge in [0.25, 0.3) is 0 Å². The monoisotopic (exact) mass is 401 g/mol. The van der Waals surface area contributed by atoms with Gasteiger partial charge in [-0.15, -0.1) is 17.3 Å². The molecule has 1 saturated heterocycles. The van der Waals surface area contributed by atoms with Crippen molar-refractivity contribution in [2.45, 2.75) is 37.1 Å². The molecule has 1 N–H and O–H groups in total. The summed E-state index contributed by atoms with van der Waals surface area (Å²) < 4.78 is 7.27. The number of benzene rings is 1. The Hall–Kier alpha value is -1.64. The number of ether oxygens (including phenoxy) is 1. The van der Waals surface area contributed by atoms with Crippen molar-refractivity contribution in [3.63, 3.8) is 0 Å². The predicted molar refractivity (Wildman–Crippen MR) is 104 cm³/mol. The number of carbonyl (C=O) groups excluding carboxylic acids is 2. The highest BCUT2D eigenvalue weighted by Crippen LogP contribution is 2.40. The molecule has 0 aliphatic carbocycles. The molecule has 26 heavy (non-hydrogen) atoms. The van der Waals surface area contributed by atoms with Crippen LogP contribution in [-0.2, 0) is 20.9 Å². The van der Waals surface area contributed by atoms with Crippen LogP contribution in [0.1, 0.15) is 25.3 Å². The molecule has 7 nitrogen and oxygen atoms in total. The lowest BCUT2D eigenvalue weighted by molar-refractivity contribution is -0.148. The van der Waals surface area contributed by atoms with Gasteiger partial charge in [-0.25, -0.2) is 4.79 Å². The number of carbonyl (C=O) groups is 2. The van der Waals surface area contributed by atoms with E-state index in [4.69, 9.17) is 4.74 Å². The number of nitrogens with zero attached hydrogens (tertiary/aromatic N) is 2. The Balaban J connectivity index is 0.00000338. The molecule has 0 bridgehead atoms. The minimum Gasteiger partial charge on any atom is -0.464 e. The zero-order valence-corrected chi connectivity index (χ0v) is 16.3. The Morgan fingerprint density at radius 3 is 2.58 bits per heavy atom. The fourth-order valence-electron chi connectivity index (χ4n) is 3.17.